The minimum absolute atomic E-state index is 0.0262. The Morgan fingerprint density at radius 2 is 1.40 bits per heavy atom. The lowest BCUT2D eigenvalue weighted by molar-refractivity contribution is -0.143. The predicted molar refractivity (Wildman–Crippen MR) is 307 cm³/mol. The lowest BCUT2D eigenvalue weighted by atomic mass is 9.83. The molecule has 24 heteroatoms. The third-order valence-corrected chi connectivity index (χ3v) is 14.6. The van der Waals surface area contributed by atoms with Crippen molar-refractivity contribution in [2.45, 2.75) is 133 Å². The van der Waals surface area contributed by atoms with E-state index >= 15 is 14.4 Å². The van der Waals surface area contributed by atoms with E-state index in [2.05, 4.69) is 41.6 Å². The van der Waals surface area contributed by atoms with Crippen LogP contribution in [0.3, 0.4) is 0 Å². The molecule has 16 N–H and O–H groups in total. The number of guanidine groups is 2. The Morgan fingerprint density at radius 3 is 2.09 bits per heavy atom. The topological polar surface area (TPSA) is 397 Å². The van der Waals surface area contributed by atoms with Crippen LogP contribution in [0.1, 0.15) is 94.2 Å². The molecular weight excluding hydrogens is 1050 g/mol. The zero-order valence-corrected chi connectivity index (χ0v) is 46.3. The predicted octanol–water partition coefficient (Wildman–Crippen LogP) is 0.532. The van der Waals surface area contributed by atoms with Crippen LogP contribution in [0, 0.1) is 11.8 Å². The first kappa shape index (κ1) is 62.5. The highest BCUT2D eigenvalue weighted by molar-refractivity contribution is 5.99. The van der Waals surface area contributed by atoms with Crippen LogP contribution in [-0.2, 0) is 67.3 Å². The number of benzene rings is 3. The van der Waals surface area contributed by atoms with Crippen LogP contribution in [0.5, 0.6) is 0 Å². The van der Waals surface area contributed by atoms with Gasteiger partial charge in [-0.15, -0.1) is 0 Å². The summed E-state index contributed by atoms with van der Waals surface area (Å²) >= 11 is 0. The SMILES string of the molecule is CC(=O)N[C@@H](CCCN=C(N)N)C(=O)N[C@H]1CC(=O)NCCCC[C@@H](C(N)=O)NC(=O)[C@H](Cc2c[nH]c3ccccc23)CC(=O)[C@H](CCCN=C(N)N)CC(=O)[C@@H](Cc2ccccc2)NC(=O)[C@@H]2C[C@@H](OCc3ccccc3)CN2C1=O. The number of primary amides is 1. The van der Waals surface area contributed by atoms with Crippen LogP contribution < -0.4 is 55.3 Å². The molecule has 0 unspecified atom stereocenters. The molecule has 3 aromatic carbocycles. The number of carbonyl (C=O) groups excluding carboxylic acids is 9. The first-order chi connectivity index (χ1) is 39.3. The Labute approximate surface area is 476 Å². The van der Waals surface area contributed by atoms with Gasteiger partial charge in [-0.1, -0.05) is 78.9 Å². The summed E-state index contributed by atoms with van der Waals surface area (Å²) in [7, 11) is 0. The number of aliphatic imine (C=N–C) groups is 2. The fourth-order valence-corrected chi connectivity index (χ4v) is 10.3. The molecule has 24 nitrogen and oxygen atoms in total. The van der Waals surface area contributed by atoms with E-state index in [1.807, 2.05) is 54.6 Å². The lowest BCUT2D eigenvalue weighted by Crippen LogP contribution is -2.58. The molecule has 6 rings (SSSR count). The van der Waals surface area contributed by atoms with Crippen molar-refractivity contribution in [3.63, 3.8) is 0 Å². The second kappa shape index (κ2) is 31.4. The van der Waals surface area contributed by atoms with Crippen molar-refractivity contribution in [1.82, 2.24) is 36.5 Å². The van der Waals surface area contributed by atoms with E-state index in [1.54, 1.807) is 36.5 Å². The molecule has 82 heavy (non-hydrogen) atoms. The highest BCUT2D eigenvalue weighted by atomic mass is 16.5. The largest absolute Gasteiger partial charge is 0.372 e. The molecule has 2 fully saturated rings. The number of para-hydroxylation sites is 1. The van der Waals surface area contributed by atoms with Gasteiger partial charge in [-0.05, 0) is 80.5 Å². The summed E-state index contributed by atoms with van der Waals surface area (Å²) in [6, 6.07) is 19.0. The number of aromatic amines is 1. The second-order valence-electron chi connectivity index (χ2n) is 20.9. The van der Waals surface area contributed by atoms with Gasteiger partial charge in [0.25, 0.3) is 0 Å². The summed E-state index contributed by atoms with van der Waals surface area (Å²) < 4.78 is 6.33. The number of ketones is 2. The van der Waals surface area contributed by atoms with Gasteiger partial charge in [-0.3, -0.25) is 53.1 Å². The molecule has 7 amide bonds. The van der Waals surface area contributed by atoms with E-state index in [0.29, 0.717) is 5.56 Å². The monoisotopic (exact) mass is 1130 g/mol. The number of hydrogen-bond acceptors (Lipinski definition) is 12. The number of Topliss-reactive ketones (excluding diaryl/α,β-unsaturated/α-hetero) is 2. The van der Waals surface area contributed by atoms with Crippen LogP contribution in [0.4, 0.5) is 0 Å². The van der Waals surface area contributed by atoms with Crippen LogP contribution in [0.2, 0.25) is 0 Å². The quantitative estimate of drug-likeness (QED) is 0.0347. The number of rotatable bonds is 19. The maximum Gasteiger partial charge on any atom is 0.246 e. The normalized spacial score (nSPS) is 22.2. The minimum Gasteiger partial charge on any atom is -0.372 e. The lowest BCUT2D eigenvalue weighted by Gasteiger charge is -2.30. The van der Waals surface area contributed by atoms with Gasteiger partial charge in [0, 0.05) is 81.3 Å². The van der Waals surface area contributed by atoms with Crippen molar-refractivity contribution < 1.29 is 47.9 Å². The number of nitrogens with two attached hydrogens (primary N) is 5. The Kier molecular flexibility index (Phi) is 23.9. The van der Waals surface area contributed by atoms with E-state index in [-0.39, 0.29) is 122 Å². The van der Waals surface area contributed by atoms with E-state index in [9.17, 15) is 28.8 Å². The average molecular weight is 1130 g/mol. The number of H-pyrrole nitrogens is 1. The standard InChI is InChI=1S/C58H78N14O10/c1-35(73)68-45(22-13-25-66-58(62)63)54(79)71-47-31-51(76)64-23-11-10-21-44(52(59)77)69-53(78)39(27-40-32-67-43-20-9-8-19-42(40)43)29-49(74)38(18-12-24-65-57(60)61)28-50(75)46(26-36-14-4-2-5-15-36)70-55(80)48-30-41(33-72(48)56(47)81)82-34-37-16-6-3-7-17-37/h2-9,14-17,19-20,32,38-39,41,44-48,67H,10-13,18,21-31,33-34H2,1H3,(H2,59,77)(H,64,76)(H,68,73)(H,69,78)(H,70,80)(H,71,79)(H4,60,61,65)(H4,62,63,66)/t38-,39-,41-,44+,45+,46-,47+,48+/m1/s1. The zero-order chi connectivity index (χ0) is 59.1. The van der Waals surface area contributed by atoms with Crippen molar-refractivity contribution in [2.75, 3.05) is 26.2 Å². The van der Waals surface area contributed by atoms with E-state index in [4.69, 9.17) is 33.4 Å². The van der Waals surface area contributed by atoms with Gasteiger partial charge >= 0.3 is 0 Å². The van der Waals surface area contributed by atoms with Crippen molar-refractivity contribution >= 4 is 75.7 Å². The van der Waals surface area contributed by atoms with Gasteiger partial charge in [0.15, 0.2) is 17.7 Å². The molecule has 440 valence electrons. The molecule has 0 spiro atoms. The smallest absolute Gasteiger partial charge is 0.246 e. The number of hydrogen-bond donors (Lipinski definition) is 11. The second-order valence-corrected chi connectivity index (χ2v) is 20.9. The first-order valence-corrected chi connectivity index (χ1v) is 27.8. The maximum absolute atomic E-state index is 15.2. The Morgan fingerprint density at radius 1 is 0.744 bits per heavy atom. The maximum atomic E-state index is 15.2. The fourth-order valence-electron chi connectivity index (χ4n) is 10.3. The Hall–Kier alpha value is -8.67. The summed E-state index contributed by atoms with van der Waals surface area (Å²) in [5.74, 6) is -8.38. The van der Waals surface area contributed by atoms with Gasteiger partial charge in [0.2, 0.25) is 41.4 Å². The first-order valence-electron chi connectivity index (χ1n) is 27.8. The van der Waals surface area contributed by atoms with Crippen molar-refractivity contribution in [1.29, 1.82) is 0 Å². The molecule has 2 aliphatic rings. The number of nitrogens with one attached hydrogen (secondary N) is 6. The van der Waals surface area contributed by atoms with Crippen LogP contribution in [0.15, 0.2) is 101 Å². The molecule has 0 saturated carbocycles. The van der Waals surface area contributed by atoms with Gasteiger partial charge in [0.05, 0.1) is 25.2 Å². The molecule has 8 atom stereocenters. The highest BCUT2D eigenvalue weighted by Crippen LogP contribution is 2.28. The summed E-state index contributed by atoms with van der Waals surface area (Å²) in [6.45, 7) is 1.45. The number of aromatic nitrogens is 1. The van der Waals surface area contributed by atoms with Gasteiger partial charge in [0.1, 0.15) is 30.0 Å². The van der Waals surface area contributed by atoms with Crippen LogP contribution >= 0.6 is 0 Å². The summed E-state index contributed by atoms with van der Waals surface area (Å²) in [6.07, 6.45) is 0.933. The Balaban J connectivity index is 1.39. The minimum atomic E-state index is -1.61. The molecule has 3 heterocycles. The van der Waals surface area contributed by atoms with E-state index in [1.165, 1.54) is 11.8 Å². The van der Waals surface area contributed by atoms with E-state index < -0.39 is 107 Å². The molecular formula is C58H78N14O10. The zero-order valence-electron chi connectivity index (χ0n) is 46.3. The number of ether oxygens (including phenoxy) is 1. The van der Waals surface area contributed by atoms with Gasteiger partial charge in [-0.25, -0.2) is 0 Å². The number of nitrogens with zero attached hydrogens (tertiary/aromatic N) is 3. The fraction of sp³-hybridized carbons (Fsp3) is 0.466. The summed E-state index contributed by atoms with van der Waals surface area (Å²) in [5, 5.41) is 14.6. The Bertz CT molecular complexity index is 2910. The highest BCUT2D eigenvalue weighted by Gasteiger charge is 2.44. The third-order valence-electron chi connectivity index (χ3n) is 14.6. The molecule has 2 aliphatic heterocycles. The molecule has 2 saturated heterocycles. The van der Waals surface area contributed by atoms with E-state index in [0.717, 1.165) is 22.0 Å². The molecule has 4 aromatic rings. The van der Waals surface area contributed by atoms with Gasteiger partial charge < -0.3 is 69.9 Å². The van der Waals surface area contributed by atoms with Crippen molar-refractivity contribution in [3.8, 4) is 0 Å². The number of carbonyl (C=O) groups is 9. The molecule has 1 aromatic heterocycles. The number of amides is 7. The third kappa shape index (κ3) is 19.6. The molecule has 0 aliphatic carbocycles. The number of fused-ring (bicyclic) bond motifs is 2. The summed E-state index contributed by atoms with van der Waals surface area (Å²) in [5.41, 5.74) is 31.2. The molecule has 0 bridgehead atoms. The average Bonchev–Trinajstić information content (AvgIpc) is 4.08. The van der Waals surface area contributed by atoms with Crippen molar-refractivity contribution in [2.24, 2.45) is 50.5 Å². The summed E-state index contributed by atoms with van der Waals surface area (Å²) in [4.78, 5) is 141. The van der Waals surface area contributed by atoms with Crippen LogP contribution in [0.25, 0.3) is 10.9 Å². The van der Waals surface area contributed by atoms with Crippen molar-refractivity contribution in [3.05, 3.63) is 108 Å². The van der Waals surface area contributed by atoms with Gasteiger partial charge in [-0.2, -0.15) is 0 Å². The van der Waals surface area contributed by atoms with Crippen LogP contribution in [-0.4, -0.2) is 137 Å². The molecule has 0 radical (unpaired) electrons.